The van der Waals surface area contributed by atoms with Crippen LogP contribution >= 0.6 is 0 Å². The lowest BCUT2D eigenvalue weighted by Gasteiger charge is -2.62. The SMILES string of the molecule is CC1CC2(C)C(CC1=O)CC(C)C1C3CCC(O)C3(C)CCC12. The molecular formula is C21H34O2. The van der Waals surface area contributed by atoms with Gasteiger partial charge in [-0.2, -0.15) is 0 Å². The van der Waals surface area contributed by atoms with Gasteiger partial charge >= 0.3 is 0 Å². The maximum absolute atomic E-state index is 12.3. The molecule has 0 aromatic carbocycles. The number of aliphatic hydroxyl groups is 1. The Morgan fingerprint density at radius 1 is 1.04 bits per heavy atom. The highest BCUT2D eigenvalue weighted by Gasteiger charge is 2.62. The van der Waals surface area contributed by atoms with Crippen molar-refractivity contribution in [2.24, 2.45) is 46.3 Å². The molecule has 4 saturated carbocycles. The molecule has 4 aliphatic rings. The van der Waals surface area contributed by atoms with Gasteiger partial charge in [-0.25, -0.2) is 0 Å². The number of Topliss-reactive ketones (excluding diaryl/α,β-unsaturated/α-hetero) is 1. The summed E-state index contributed by atoms with van der Waals surface area (Å²) in [6.07, 6.45) is 7.78. The van der Waals surface area contributed by atoms with Gasteiger partial charge in [0.25, 0.3) is 0 Å². The maximum atomic E-state index is 12.3. The van der Waals surface area contributed by atoms with E-state index in [9.17, 15) is 9.90 Å². The first kappa shape index (κ1) is 16.1. The lowest BCUT2D eigenvalue weighted by atomic mass is 9.42. The van der Waals surface area contributed by atoms with Crippen molar-refractivity contribution >= 4 is 5.78 Å². The van der Waals surface area contributed by atoms with Gasteiger partial charge in [0, 0.05) is 12.3 Å². The zero-order valence-electron chi connectivity index (χ0n) is 15.3. The third-order valence-electron chi connectivity index (χ3n) is 9.12. The first-order chi connectivity index (χ1) is 10.8. The van der Waals surface area contributed by atoms with E-state index in [1.54, 1.807) is 0 Å². The second-order valence-corrected chi connectivity index (χ2v) is 10.1. The predicted octanol–water partition coefficient (Wildman–Crippen LogP) is 4.45. The maximum Gasteiger partial charge on any atom is 0.136 e. The summed E-state index contributed by atoms with van der Waals surface area (Å²) >= 11 is 0. The Balaban J connectivity index is 1.69. The van der Waals surface area contributed by atoms with Crippen LogP contribution in [-0.2, 0) is 4.79 Å². The van der Waals surface area contributed by atoms with E-state index >= 15 is 0 Å². The zero-order chi connectivity index (χ0) is 16.6. The lowest BCUT2D eigenvalue weighted by molar-refractivity contribution is -0.159. The van der Waals surface area contributed by atoms with Gasteiger partial charge in [0.05, 0.1) is 6.10 Å². The van der Waals surface area contributed by atoms with Gasteiger partial charge in [-0.15, -0.1) is 0 Å². The van der Waals surface area contributed by atoms with E-state index in [-0.39, 0.29) is 17.4 Å². The van der Waals surface area contributed by atoms with E-state index in [1.807, 2.05) is 0 Å². The summed E-state index contributed by atoms with van der Waals surface area (Å²) in [6.45, 7) is 9.47. The first-order valence-corrected chi connectivity index (χ1v) is 9.98. The summed E-state index contributed by atoms with van der Waals surface area (Å²) in [5.74, 6) is 4.34. The summed E-state index contributed by atoms with van der Waals surface area (Å²) in [5, 5.41) is 10.6. The Labute approximate surface area is 141 Å². The van der Waals surface area contributed by atoms with Crippen LogP contribution in [0.5, 0.6) is 0 Å². The van der Waals surface area contributed by atoms with Crippen molar-refractivity contribution in [1.29, 1.82) is 0 Å². The summed E-state index contributed by atoms with van der Waals surface area (Å²) in [5.41, 5.74) is 0.522. The van der Waals surface area contributed by atoms with Crippen LogP contribution in [0.15, 0.2) is 0 Å². The van der Waals surface area contributed by atoms with Crippen LogP contribution in [0.3, 0.4) is 0 Å². The minimum atomic E-state index is -0.0852. The Kier molecular flexibility index (Phi) is 3.55. The largest absolute Gasteiger partial charge is 0.393 e. The monoisotopic (exact) mass is 318 g/mol. The van der Waals surface area contributed by atoms with Crippen LogP contribution in [-0.4, -0.2) is 17.0 Å². The van der Waals surface area contributed by atoms with Crippen LogP contribution < -0.4 is 0 Å². The molecule has 0 bridgehead atoms. The Hall–Kier alpha value is -0.370. The summed E-state index contributed by atoms with van der Waals surface area (Å²) in [7, 11) is 0. The Bertz CT molecular complexity index is 514. The molecule has 0 heterocycles. The topological polar surface area (TPSA) is 37.3 Å². The molecule has 0 radical (unpaired) electrons. The molecule has 4 aliphatic carbocycles. The fraction of sp³-hybridized carbons (Fsp3) is 0.952. The van der Waals surface area contributed by atoms with Gasteiger partial charge < -0.3 is 5.11 Å². The zero-order valence-corrected chi connectivity index (χ0v) is 15.3. The van der Waals surface area contributed by atoms with Gasteiger partial charge in [0.15, 0.2) is 0 Å². The van der Waals surface area contributed by atoms with Crippen LogP contribution in [0.25, 0.3) is 0 Å². The predicted molar refractivity (Wildman–Crippen MR) is 91.8 cm³/mol. The number of carbonyl (C=O) groups excluding carboxylic acids is 1. The molecule has 0 amide bonds. The third kappa shape index (κ3) is 2.06. The van der Waals surface area contributed by atoms with Crippen LogP contribution in [0.1, 0.15) is 72.6 Å². The summed E-state index contributed by atoms with van der Waals surface area (Å²) < 4.78 is 0. The number of hydrogen-bond donors (Lipinski definition) is 1. The second kappa shape index (κ2) is 5.07. The molecule has 0 aromatic heterocycles. The third-order valence-corrected chi connectivity index (χ3v) is 9.12. The smallest absolute Gasteiger partial charge is 0.136 e. The molecule has 4 rings (SSSR count). The highest BCUT2D eigenvalue weighted by atomic mass is 16.3. The quantitative estimate of drug-likeness (QED) is 0.716. The molecule has 0 aliphatic heterocycles. The highest BCUT2D eigenvalue weighted by Crippen LogP contribution is 2.67. The molecule has 0 saturated heterocycles. The summed E-state index contributed by atoms with van der Waals surface area (Å²) in [4.78, 5) is 12.3. The average Bonchev–Trinajstić information content (AvgIpc) is 2.78. The van der Waals surface area contributed by atoms with Crippen LogP contribution in [0.4, 0.5) is 0 Å². The first-order valence-electron chi connectivity index (χ1n) is 9.98. The van der Waals surface area contributed by atoms with Crippen molar-refractivity contribution in [1.82, 2.24) is 0 Å². The van der Waals surface area contributed by atoms with Gasteiger partial charge in [0.2, 0.25) is 0 Å². The van der Waals surface area contributed by atoms with Gasteiger partial charge in [-0.1, -0.05) is 27.7 Å². The van der Waals surface area contributed by atoms with Crippen LogP contribution in [0, 0.1) is 46.3 Å². The van der Waals surface area contributed by atoms with Gasteiger partial charge in [-0.3, -0.25) is 4.79 Å². The molecule has 2 nitrogen and oxygen atoms in total. The van der Waals surface area contributed by atoms with Crippen molar-refractivity contribution in [2.75, 3.05) is 0 Å². The number of ketones is 1. The van der Waals surface area contributed by atoms with Crippen molar-refractivity contribution in [2.45, 2.75) is 78.7 Å². The second-order valence-electron chi connectivity index (χ2n) is 10.1. The molecule has 9 unspecified atom stereocenters. The molecule has 1 N–H and O–H groups in total. The minimum absolute atomic E-state index is 0.0852. The molecule has 2 heteroatoms. The van der Waals surface area contributed by atoms with E-state index in [4.69, 9.17) is 0 Å². The molecular weight excluding hydrogens is 284 g/mol. The Morgan fingerprint density at radius 3 is 2.48 bits per heavy atom. The van der Waals surface area contributed by atoms with Crippen LogP contribution in [0.2, 0.25) is 0 Å². The molecule has 0 spiro atoms. The van der Waals surface area contributed by atoms with Crippen molar-refractivity contribution in [3.8, 4) is 0 Å². The summed E-state index contributed by atoms with van der Waals surface area (Å²) in [6, 6.07) is 0. The molecule has 23 heavy (non-hydrogen) atoms. The molecule has 4 fully saturated rings. The molecule has 0 aromatic rings. The van der Waals surface area contributed by atoms with Crippen molar-refractivity contribution in [3.63, 3.8) is 0 Å². The minimum Gasteiger partial charge on any atom is -0.393 e. The van der Waals surface area contributed by atoms with Crippen molar-refractivity contribution in [3.05, 3.63) is 0 Å². The number of rotatable bonds is 0. The van der Waals surface area contributed by atoms with E-state index in [0.29, 0.717) is 29.0 Å². The fourth-order valence-electron chi connectivity index (χ4n) is 7.76. The lowest BCUT2D eigenvalue weighted by Crippen LogP contribution is -2.57. The standard InChI is InChI=1S/C21H34O2/c1-12-9-14-10-17(22)13(2)11-21(14,4)16-7-8-20(3)15(19(12)16)5-6-18(20)23/h12-16,18-19,23H,5-11H2,1-4H3. The number of aliphatic hydroxyl groups excluding tert-OH is 1. The normalized spacial score (nSPS) is 59.2. The number of hydrogen-bond acceptors (Lipinski definition) is 2. The van der Waals surface area contributed by atoms with Gasteiger partial charge in [-0.05, 0) is 78.9 Å². The van der Waals surface area contributed by atoms with E-state index in [1.165, 1.54) is 25.7 Å². The van der Waals surface area contributed by atoms with Gasteiger partial charge in [0.1, 0.15) is 5.78 Å². The van der Waals surface area contributed by atoms with E-state index in [2.05, 4.69) is 27.7 Å². The van der Waals surface area contributed by atoms with E-state index in [0.717, 1.165) is 31.1 Å². The fourth-order valence-corrected chi connectivity index (χ4v) is 7.76. The molecule has 9 atom stereocenters. The molecule has 130 valence electrons. The highest BCUT2D eigenvalue weighted by molar-refractivity contribution is 5.82. The Morgan fingerprint density at radius 2 is 1.74 bits per heavy atom. The van der Waals surface area contributed by atoms with Crippen molar-refractivity contribution < 1.29 is 9.90 Å². The number of fused-ring (bicyclic) bond motifs is 5. The average molecular weight is 319 g/mol. The van der Waals surface area contributed by atoms with E-state index < -0.39 is 0 Å². The number of carbonyl (C=O) groups is 1.